The molecule has 0 heterocycles. The van der Waals surface area contributed by atoms with E-state index < -0.39 is 0 Å². The van der Waals surface area contributed by atoms with Crippen molar-refractivity contribution in [1.29, 1.82) is 0 Å². The minimum Gasteiger partial charge on any atom is -0.207 e. The van der Waals surface area contributed by atoms with Gasteiger partial charge in [-0.25, -0.2) is 4.39 Å². The molecule has 2 rings (SSSR count). The predicted molar refractivity (Wildman–Crippen MR) is 78.9 cm³/mol. The first-order valence-corrected chi connectivity index (χ1v) is 7.83. The third kappa shape index (κ3) is 2.86. The largest absolute Gasteiger partial charge is 0.207 e. The van der Waals surface area contributed by atoms with Gasteiger partial charge in [0.25, 0.3) is 0 Å². The standard InChI is InChI=1S/C14H16BrCl2F/c1-14(5-3-2-4-6-14)13(17)9-7-11(16)10(15)8-12(9)18/h7-8,13H,2-6H2,1H3. The Labute approximate surface area is 126 Å². The van der Waals surface area contributed by atoms with E-state index in [0.717, 1.165) is 12.8 Å². The van der Waals surface area contributed by atoms with Gasteiger partial charge in [-0.1, -0.05) is 37.8 Å². The molecule has 1 aliphatic carbocycles. The van der Waals surface area contributed by atoms with Gasteiger partial charge in [0, 0.05) is 10.0 Å². The van der Waals surface area contributed by atoms with Crippen LogP contribution in [0.3, 0.4) is 0 Å². The van der Waals surface area contributed by atoms with Crippen LogP contribution in [0.2, 0.25) is 5.02 Å². The Kier molecular flexibility index (Phi) is 4.61. The molecule has 1 atom stereocenters. The van der Waals surface area contributed by atoms with Crippen molar-refractivity contribution in [3.05, 3.63) is 33.0 Å². The molecule has 1 aliphatic rings. The third-order valence-electron chi connectivity index (χ3n) is 3.92. The van der Waals surface area contributed by atoms with Crippen molar-refractivity contribution in [1.82, 2.24) is 0 Å². The Bertz CT molecular complexity index is 442. The topological polar surface area (TPSA) is 0 Å². The summed E-state index contributed by atoms with van der Waals surface area (Å²) < 4.78 is 14.6. The van der Waals surface area contributed by atoms with Crippen LogP contribution in [0.1, 0.15) is 50.0 Å². The van der Waals surface area contributed by atoms with Crippen LogP contribution in [0, 0.1) is 11.2 Å². The average molecular weight is 354 g/mol. The summed E-state index contributed by atoms with van der Waals surface area (Å²) in [7, 11) is 0. The molecule has 4 heteroatoms. The zero-order valence-electron chi connectivity index (χ0n) is 10.3. The van der Waals surface area contributed by atoms with E-state index in [0.29, 0.717) is 15.1 Å². The molecule has 0 aromatic heterocycles. The van der Waals surface area contributed by atoms with Crippen molar-refractivity contribution in [2.75, 3.05) is 0 Å². The fourth-order valence-corrected chi connectivity index (χ4v) is 3.59. The number of hydrogen-bond donors (Lipinski definition) is 0. The lowest BCUT2D eigenvalue weighted by atomic mass is 9.71. The highest BCUT2D eigenvalue weighted by molar-refractivity contribution is 9.10. The first-order valence-electron chi connectivity index (χ1n) is 6.22. The molecular formula is C14H16BrCl2F. The van der Waals surface area contributed by atoms with Crippen molar-refractivity contribution >= 4 is 39.1 Å². The molecule has 1 aromatic carbocycles. The molecule has 1 unspecified atom stereocenters. The quantitative estimate of drug-likeness (QED) is 0.421. The van der Waals surface area contributed by atoms with Gasteiger partial charge in [0.15, 0.2) is 0 Å². The number of halogens is 4. The minimum atomic E-state index is -0.316. The fraction of sp³-hybridized carbons (Fsp3) is 0.571. The number of hydrogen-bond acceptors (Lipinski definition) is 0. The summed E-state index contributed by atoms with van der Waals surface area (Å²) in [5, 5.41) is 0.194. The van der Waals surface area contributed by atoms with Gasteiger partial charge in [-0.15, -0.1) is 11.6 Å². The molecule has 0 N–H and O–H groups in total. The van der Waals surface area contributed by atoms with Crippen LogP contribution in [0.15, 0.2) is 16.6 Å². The molecule has 0 radical (unpaired) electrons. The Hall–Kier alpha value is 0.210. The van der Waals surface area contributed by atoms with Crippen LogP contribution >= 0.6 is 39.1 Å². The van der Waals surface area contributed by atoms with Crippen LogP contribution in [0.4, 0.5) is 4.39 Å². The zero-order valence-corrected chi connectivity index (χ0v) is 13.4. The smallest absolute Gasteiger partial charge is 0.129 e. The molecule has 0 spiro atoms. The lowest BCUT2D eigenvalue weighted by Gasteiger charge is -2.38. The summed E-state index contributed by atoms with van der Waals surface area (Å²) in [6, 6.07) is 3.05. The highest BCUT2D eigenvalue weighted by Crippen LogP contribution is 2.50. The molecule has 0 aliphatic heterocycles. The van der Waals surface area contributed by atoms with Crippen molar-refractivity contribution < 1.29 is 4.39 Å². The van der Waals surface area contributed by atoms with Crippen LogP contribution < -0.4 is 0 Å². The average Bonchev–Trinajstić information content (AvgIpc) is 2.34. The molecule has 18 heavy (non-hydrogen) atoms. The molecule has 0 bridgehead atoms. The molecule has 1 aromatic rings. The van der Waals surface area contributed by atoms with Crippen LogP contribution in [-0.2, 0) is 0 Å². The SMILES string of the molecule is CC1(C(Cl)c2cc(Cl)c(Br)cc2F)CCCCC1. The van der Waals surface area contributed by atoms with Gasteiger partial charge in [-0.05, 0) is 46.3 Å². The summed E-state index contributed by atoms with van der Waals surface area (Å²) in [5.41, 5.74) is 0.493. The van der Waals surface area contributed by atoms with Gasteiger partial charge in [0.2, 0.25) is 0 Å². The summed E-state index contributed by atoms with van der Waals surface area (Å²) in [4.78, 5) is 0. The van der Waals surface area contributed by atoms with Gasteiger partial charge in [0.1, 0.15) is 5.82 Å². The van der Waals surface area contributed by atoms with E-state index >= 15 is 0 Å². The second-order valence-electron chi connectivity index (χ2n) is 5.37. The third-order valence-corrected chi connectivity index (χ3v) is 5.88. The maximum Gasteiger partial charge on any atom is 0.129 e. The van der Waals surface area contributed by atoms with Crippen molar-refractivity contribution in [2.45, 2.75) is 44.4 Å². The second-order valence-corrected chi connectivity index (χ2v) is 7.06. The van der Waals surface area contributed by atoms with Crippen molar-refractivity contribution in [3.63, 3.8) is 0 Å². The van der Waals surface area contributed by atoms with Gasteiger partial charge >= 0.3 is 0 Å². The summed E-state index contributed by atoms with van der Waals surface area (Å²) >= 11 is 15.8. The Balaban J connectivity index is 2.33. The molecule has 1 fully saturated rings. The second kappa shape index (κ2) is 5.68. The molecule has 0 amide bonds. The van der Waals surface area contributed by atoms with Gasteiger partial charge in [-0.2, -0.15) is 0 Å². The minimum absolute atomic E-state index is 0.0300. The van der Waals surface area contributed by atoms with E-state index in [1.54, 1.807) is 6.07 Å². The lowest BCUT2D eigenvalue weighted by molar-refractivity contribution is 0.204. The van der Waals surface area contributed by atoms with E-state index in [4.69, 9.17) is 23.2 Å². The van der Waals surface area contributed by atoms with Crippen LogP contribution in [0.25, 0.3) is 0 Å². The normalized spacial score (nSPS) is 20.7. The van der Waals surface area contributed by atoms with Crippen LogP contribution in [0.5, 0.6) is 0 Å². The van der Waals surface area contributed by atoms with E-state index in [-0.39, 0.29) is 16.6 Å². The van der Waals surface area contributed by atoms with Gasteiger partial charge in [-0.3, -0.25) is 0 Å². The fourth-order valence-electron chi connectivity index (χ4n) is 2.72. The Morgan fingerprint density at radius 1 is 1.28 bits per heavy atom. The van der Waals surface area contributed by atoms with Crippen LogP contribution in [-0.4, -0.2) is 0 Å². The summed E-state index contributed by atoms with van der Waals surface area (Å²) in [6.45, 7) is 2.15. The highest BCUT2D eigenvalue weighted by atomic mass is 79.9. The van der Waals surface area contributed by atoms with Crippen molar-refractivity contribution in [2.24, 2.45) is 5.41 Å². The molecule has 100 valence electrons. The maximum absolute atomic E-state index is 14.0. The first kappa shape index (κ1) is 14.6. The van der Waals surface area contributed by atoms with Crippen molar-refractivity contribution in [3.8, 4) is 0 Å². The molecule has 0 saturated heterocycles. The monoisotopic (exact) mass is 352 g/mol. The Morgan fingerprint density at radius 2 is 1.89 bits per heavy atom. The summed E-state index contributed by atoms with van der Waals surface area (Å²) in [5.74, 6) is -0.280. The van der Waals surface area contributed by atoms with E-state index in [1.165, 1.54) is 25.3 Å². The molecular weight excluding hydrogens is 338 g/mol. The van der Waals surface area contributed by atoms with E-state index in [9.17, 15) is 4.39 Å². The predicted octanol–water partition coefficient (Wildman–Crippen LogP) is 6.49. The molecule has 0 nitrogen and oxygen atoms in total. The number of rotatable bonds is 2. The Morgan fingerprint density at radius 3 is 2.50 bits per heavy atom. The van der Waals surface area contributed by atoms with E-state index in [1.807, 2.05) is 0 Å². The maximum atomic E-state index is 14.0. The number of benzene rings is 1. The number of alkyl halides is 1. The zero-order chi connectivity index (χ0) is 13.3. The van der Waals surface area contributed by atoms with Gasteiger partial charge in [0.05, 0.1) is 10.4 Å². The first-order chi connectivity index (χ1) is 8.44. The lowest BCUT2D eigenvalue weighted by Crippen LogP contribution is -2.26. The molecule has 1 saturated carbocycles. The van der Waals surface area contributed by atoms with Gasteiger partial charge < -0.3 is 0 Å². The van der Waals surface area contributed by atoms with E-state index in [2.05, 4.69) is 22.9 Å². The highest BCUT2D eigenvalue weighted by Gasteiger charge is 2.36. The summed E-state index contributed by atoms with van der Waals surface area (Å²) in [6.07, 6.45) is 5.70.